The van der Waals surface area contributed by atoms with Gasteiger partial charge in [0.15, 0.2) is 0 Å². The van der Waals surface area contributed by atoms with E-state index in [4.69, 9.17) is 0 Å². The normalized spacial score (nSPS) is 9.44. The van der Waals surface area contributed by atoms with E-state index in [-0.39, 0.29) is 18.3 Å². The van der Waals surface area contributed by atoms with Gasteiger partial charge < -0.3 is 10.2 Å². The second-order valence-electron chi connectivity index (χ2n) is 3.31. The summed E-state index contributed by atoms with van der Waals surface area (Å²) >= 11 is 2.18. The number of nitrogens with zero attached hydrogens (tertiary/aromatic N) is 1. The third-order valence-electron chi connectivity index (χ3n) is 2.15. The lowest BCUT2D eigenvalue weighted by atomic mass is 10.2. The van der Waals surface area contributed by atoms with Gasteiger partial charge >= 0.3 is 0 Å². The zero-order chi connectivity index (χ0) is 11.3. The van der Waals surface area contributed by atoms with E-state index in [2.05, 4.69) is 27.9 Å². The SMILES string of the molecule is CNCCN(C)C(=O)c1ccccc1I.Cl. The van der Waals surface area contributed by atoms with Gasteiger partial charge in [-0.1, -0.05) is 12.1 Å². The number of hydrogen-bond acceptors (Lipinski definition) is 2. The summed E-state index contributed by atoms with van der Waals surface area (Å²) in [4.78, 5) is 13.7. The molecular weight excluding hydrogens is 338 g/mol. The summed E-state index contributed by atoms with van der Waals surface area (Å²) in [6.07, 6.45) is 0. The Morgan fingerprint density at radius 3 is 2.62 bits per heavy atom. The van der Waals surface area contributed by atoms with E-state index in [1.54, 1.807) is 4.90 Å². The van der Waals surface area contributed by atoms with Gasteiger partial charge in [-0.15, -0.1) is 12.4 Å². The number of carbonyl (C=O) groups excluding carboxylic acids is 1. The number of amides is 1. The number of benzene rings is 1. The molecule has 0 bridgehead atoms. The van der Waals surface area contributed by atoms with E-state index in [9.17, 15) is 4.79 Å². The molecule has 0 fully saturated rings. The molecule has 0 unspecified atom stereocenters. The Bertz CT molecular complexity index is 347. The molecule has 90 valence electrons. The van der Waals surface area contributed by atoms with Crippen LogP contribution in [0.1, 0.15) is 10.4 Å². The van der Waals surface area contributed by atoms with E-state index in [0.717, 1.165) is 22.2 Å². The molecule has 1 amide bonds. The molecule has 0 aliphatic rings. The van der Waals surface area contributed by atoms with Gasteiger partial charge in [0.1, 0.15) is 0 Å². The summed E-state index contributed by atoms with van der Waals surface area (Å²) in [7, 11) is 3.70. The van der Waals surface area contributed by atoms with Gasteiger partial charge in [-0.3, -0.25) is 4.79 Å². The fourth-order valence-corrected chi connectivity index (χ4v) is 1.84. The summed E-state index contributed by atoms with van der Waals surface area (Å²) in [6, 6.07) is 7.63. The average Bonchev–Trinajstić information content (AvgIpc) is 2.25. The maximum absolute atomic E-state index is 12.0. The summed E-state index contributed by atoms with van der Waals surface area (Å²) in [5.41, 5.74) is 0.775. The maximum atomic E-state index is 12.0. The highest BCUT2D eigenvalue weighted by molar-refractivity contribution is 14.1. The Balaban J connectivity index is 0.00000225. The molecule has 0 aromatic heterocycles. The van der Waals surface area contributed by atoms with Crippen LogP contribution >= 0.6 is 35.0 Å². The van der Waals surface area contributed by atoms with Crippen LogP contribution in [0.4, 0.5) is 0 Å². The summed E-state index contributed by atoms with van der Waals surface area (Å²) in [5, 5.41) is 3.02. The van der Waals surface area contributed by atoms with Gasteiger partial charge in [-0.2, -0.15) is 0 Å². The summed E-state index contributed by atoms with van der Waals surface area (Å²) < 4.78 is 0.997. The zero-order valence-corrected chi connectivity index (χ0v) is 12.3. The van der Waals surface area contributed by atoms with Crippen molar-refractivity contribution in [2.24, 2.45) is 0 Å². The van der Waals surface area contributed by atoms with Crippen LogP contribution < -0.4 is 5.32 Å². The predicted molar refractivity (Wildman–Crippen MR) is 77.3 cm³/mol. The molecule has 0 spiro atoms. The number of halogens is 2. The fraction of sp³-hybridized carbons (Fsp3) is 0.364. The summed E-state index contributed by atoms with van der Waals surface area (Å²) in [6.45, 7) is 1.53. The zero-order valence-electron chi connectivity index (χ0n) is 9.37. The molecule has 0 saturated heterocycles. The number of rotatable bonds is 4. The minimum absolute atomic E-state index is 0. The first-order chi connectivity index (χ1) is 7.16. The van der Waals surface area contributed by atoms with Gasteiger partial charge in [0.05, 0.1) is 5.56 Å². The largest absolute Gasteiger partial charge is 0.340 e. The molecule has 0 aliphatic carbocycles. The maximum Gasteiger partial charge on any atom is 0.254 e. The Morgan fingerprint density at radius 2 is 2.06 bits per heavy atom. The van der Waals surface area contributed by atoms with Crippen LogP contribution in [0.25, 0.3) is 0 Å². The smallest absolute Gasteiger partial charge is 0.254 e. The molecule has 3 nitrogen and oxygen atoms in total. The minimum atomic E-state index is 0. The van der Waals surface area contributed by atoms with Crippen molar-refractivity contribution in [1.82, 2.24) is 10.2 Å². The van der Waals surface area contributed by atoms with Crippen molar-refractivity contribution in [3.8, 4) is 0 Å². The Hall–Kier alpha value is -0.330. The molecule has 0 radical (unpaired) electrons. The van der Waals surface area contributed by atoms with Crippen molar-refractivity contribution in [2.75, 3.05) is 27.2 Å². The van der Waals surface area contributed by atoms with Crippen LogP contribution in [-0.4, -0.2) is 38.0 Å². The number of hydrogen-bond donors (Lipinski definition) is 1. The number of likely N-dealkylation sites (N-methyl/N-ethyl adjacent to an activating group) is 2. The monoisotopic (exact) mass is 354 g/mol. The molecule has 16 heavy (non-hydrogen) atoms. The Labute approximate surface area is 116 Å². The average molecular weight is 355 g/mol. The molecule has 1 N–H and O–H groups in total. The van der Waals surface area contributed by atoms with Crippen molar-refractivity contribution in [3.63, 3.8) is 0 Å². The molecule has 0 saturated carbocycles. The molecular formula is C11H16ClIN2O. The van der Waals surface area contributed by atoms with Gasteiger partial charge in [-0.05, 0) is 41.8 Å². The predicted octanol–water partition coefficient (Wildman–Crippen LogP) is 2.00. The molecule has 1 aromatic carbocycles. The first kappa shape index (κ1) is 15.7. The standard InChI is InChI=1S/C11H15IN2O.ClH/c1-13-7-8-14(2)11(15)9-5-3-4-6-10(9)12;/h3-6,13H,7-8H2,1-2H3;1H. The van der Waals surface area contributed by atoms with Crippen molar-refractivity contribution >= 4 is 40.9 Å². The molecule has 0 atom stereocenters. The molecule has 1 rings (SSSR count). The number of nitrogens with one attached hydrogen (secondary N) is 1. The highest BCUT2D eigenvalue weighted by atomic mass is 127. The minimum Gasteiger partial charge on any atom is -0.340 e. The lowest BCUT2D eigenvalue weighted by molar-refractivity contribution is 0.0796. The molecule has 5 heteroatoms. The quantitative estimate of drug-likeness (QED) is 0.839. The first-order valence-electron chi connectivity index (χ1n) is 4.81. The van der Waals surface area contributed by atoms with Crippen LogP contribution in [0, 0.1) is 3.57 Å². The second kappa shape index (κ2) is 7.86. The number of carbonyl (C=O) groups is 1. The van der Waals surface area contributed by atoms with E-state index in [1.807, 2.05) is 38.4 Å². The van der Waals surface area contributed by atoms with Crippen LogP contribution in [0.3, 0.4) is 0 Å². The summed E-state index contributed by atoms with van der Waals surface area (Å²) in [5.74, 6) is 0.0789. The van der Waals surface area contributed by atoms with Crippen LogP contribution in [0.15, 0.2) is 24.3 Å². The molecule has 0 heterocycles. The van der Waals surface area contributed by atoms with Gasteiger partial charge in [-0.25, -0.2) is 0 Å². The highest BCUT2D eigenvalue weighted by Gasteiger charge is 2.13. The Kier molecular flexibility index (Phi) is 7.70. The fourth-order valence-electron chi connectivity index (χ4n) is 1.22. The molecule has 1 aromatic rings. The van der Waals surface area contributed by atoms with Crippen molar-refractivity contribution in [3.05, 3.63) is 33.4 Å². The van der Waals surface area contributed by atoms with Crippen LogP contribution in [-0.2, 0) is 0 Å². The Morgan fingerprint density at radius 1 is 1.44 bits per heavy atom. The van der Waals surface area contributed by atoms with Crippen molar-refractivity contribution in [2.45, 2.75) is 0 Å². The third-order valence-corrected chi connectivity index (χ3v) is 3.09. The van der Waals surface area contributed by atoms with Crippen molar-refractivity contribution in [1.29, 1.82) is 0 Å². The van der Waals surface area contributed by atoms with E-state index in [1.165, 1.54) is 0 Å². The van der Waals surface area contributed by atoms with E-state index in [0.29, 0.717) is 0 Å². The van der Waals surface area contributed by atoms with Gasteiger partial charge in [0, 0.05) is 23.7 Å². The van der Waals surface area contributed by atoms with E-state index < -0.39 is 0 Å². The molecule has 0 aliphatic heterocycles. The first-order valence-corrected chi connectivity index (χ1v) is 5.89. The van der Waals surface area contributed by atoms with Crippen LogP contribution in [0.5, 0.6) is 0 Å². The highest BCUT2D eigenvalue weighted by Crippen LogP contribution is 2.13. The third kappa shape index (κ3) is 4.27. The lowest BCUT2D eigenvalue weighted by Crippen LogP contribution is -2.33. The van der Waals surface area contributed by atoms with Gasteiger partial charge in [0.25, 0.3) is 5.91 Å². The van der Waals surface area contributed by atoms with Crippen LogP contribution in [0.2, 0.25) is 0 Å². The lowest BCUT2D eigenvalue weighted by Gasteiger charge is -2.17. The topological polar surface area (TPSA) is 32.3 Å². The van der Waals surface area contributed by atoms with E-state index >= 15 is 0 Å². The van der Waals surface area contributed by atoms with Gasteiger partial charge in [0.2, 0.25) is 0 Å². The second-order valence-corrected chi connectivity index (χ2v) is 4.47. The van der Waals surface area contributed by atoms with Crippen molar-refractivity contribution < 1.29 is 4.79 Å².